The van der Waals surface area contributed by atoms with Gasteiger partial charge in [0.2, 0.25) is 0 Å². The van der Waals surface area contributed by atoms with Crippen LogP contribution in [0, 0.1) is 19.3 Å². The van der Waals surface area contributed by atoms with Gasteiger partial charge >= 0.3 is 0 Å². The van der Waals surface area contributed by atoms with Gasteiger partial charge in [-0.15, -0.1) is 11.3 Å². The summed E-state index contributed by atoms with van der Waals surface area (Å²) in [7, 11) is 0. The minimum atomic E-state index is -0.274. The first-order valence-corrected chi connectivity index (χ1v) is 8.05. The molecule has 0 spiro atoms. The van der Waals surface area contributed by atoms with Crippen molar-refractivity contribution in [3.63, 3.8) is 0 Å². The lowest BCUT2D eigenvalue weighted by Gasteiger charge is -2.29. The number of nitrogens with zero attached hydrogens (tertiary/aromatic N) is 1. The highest BCUT2D eigenvalue weighted by Gasteiger charge is 2.37. The monoisotopic (exact) mass is 280 g/mol. The molecule has 0 saturated heterocycles. The molecule has 4 heteroatoms. The van der Waals surface area contributed by atoms with Gasteiger partial charge in [0.25, 0.3) is 0 Å². The molecule has 3 nitrogen and oxygen atoms in total. The number of hydrogen-bond donors (Lipinski definition) is 1. The smallest absolute Gasteiger partial charge is 0.147 e. The molecular formula is C15H24N2OS. The summed E-state index contributed by atoms with van der Waals surface area (Å²) in [6.45, 7) is 4.56. The second kappa shape index (κ2) is 6.14. The second-order valence-electron chi connectivity index (χ2n) is 5.75. The van der Waals surface area contributed by atoms with Gasteiger partial charge in [0.15, 0.2) is 0 Å². The quantitative estimate of drug-likeness (QED) is 0.862. The largest absolute Gasteiger partial charge is 0.329 e. The van der Waals surface area contributed by atoms with Gasteiger partial charge in [-0.3, -0.25) is 4.79 Å². The van der Waals surface area contributed by atoms with E-state index in [1.54, 1.807) is 11.3 Å². The average molecular weight is 280 g/mol. The fraction of sp³-hybridized carbons (Fsp3) is 0.733. The zero-order valence-electron chi connectivity index (χ0n) is 12.0. The van der Waals surface area contributed by atoms with E-state index in [0.29, 0.717) is 18.7 Å². The fourth-order valence-electron chi connectivity index (χ4n) is 2.94. The van der Waals surface area contributed by atoms with E-state index in [9.17, 15) is 4.79 Å². The van der Waals surface area contributed by atoms with E-state index in [-0.39, 0.29) is 5.41 Å². The molecule has 0 aromatic carbocycles. The van der Waals surface area contributed by atoms with Gasteiger partial charge in [0.1, 0.15) is 10.8 Å². The first kappa shape index (κ1) is 14.7. The number of aryl methyl sites for hydroxylation is 2. The molecular weight excluding hydrogens is 256 g/mol. The van der Waals surface area contributed by atoms with E-state index in [2.05, 4.69) is 11.9 Å². The van der Waals surface area contributed by atoms with Crippen LogP contribution in [-0.2, 0) is 11.2 Å². The number of nitrogens with two attached hydrogens (primary N) is 1. The van der Waals surface area contributed by atoms with Gasteiger partial charge in [0, 0.05) is 16.8 Å². The van der Waals surface area contributed by atoms with Crippen molar-refractivity contribution < 1.29 is 4.79 Å². The maximum Gasteiger partial charge on any atom is 0.147 e. The van der Waals surface area contributed by atoms with E-state index in [4.69, 9.17) is 5.73 Å². The topological polar surface area (TPSA) is 56.0 Å². The summed E-state index contributed by atoms with van der Waals surface area (Å²) < 4.78 is 0. The lowest BCUT2D eigenvalue weighted by Crippen LogP contribution is -2.39. The Bertz CT molecular complexity index is 425. The predicted molar refractivity (Wildman–Crippen MR) is 79.5 cm³/mol. The third-order valence-electron chi connectivity index (χ3n) is 4.43. The zero-order valence-corrected chi connectivity index (χ0v) is 12.8. The molecule has 1 aliphatic carbocycles. The number of ketones is 1. The van der Waals surface area contributed by atoms with Gasteiger partial charge in [-0.05, 0) is 26.7 Å². The molecule has 1 aliphatic rings. The predicted octanol–water partition coefficient (Wildman–Crippen LogP) is 3.17. The lowest BCUT2D eigenvalue weighted by atomic mass is 9.75. The van der Waals surface area contributed by atoms with Crippen molar-refractivity contribution >= 4 is 17.1 Å². The first-order chi connectivity index (χ1) is 9.07. The number of aromatic nitrogens is 1. The van der Waals surface area contributed by atoms with Crippen molar-refractivity contribution in [3.05, 3.63) is 15.6 Å². The van der Waals surface area contributed by atoms with Crippen molar-refractivity contribution in [1.82, 2.24) is 4.98 Å². The average Bonchev–Trinajstić information content (AvgIpc) is 2.60. The maximum absolute atomic E-state index is 12.7. The van der Waals surface area contributed by atoms with E-state index in [1.165, 1.54) is 17.7 Å². The first-order valence-electron chi connectivity index (χ1n) is 7.24. The van der Waals surface area contributed by atoms with Gasteiger partial charge in [-0.1, -0.05) is 25.7 Å². The van der Waals surface area contributed by atoms with Crippen molar-refractivity contribution in [2.45, 2.75) is 58.8 Å². The van der Waals surface area contributed by atoms with Gasteiger partial charge < -0.3 is 5.73 Å². The molecule has 0 unspecified atom stereocenters. The molecule has 1 aromatic heterocycles. The number of carbonyl (C=O) groups excluding carboxylic acids is 1. The molecule has 0 radical (unpaired) electrons. The van der Waals surface area contributed by atoms with E-state index >= 15 is 0 Å². The maximum atomic E-state index is 12.7. The molecule has 1 heterocycles. The number of rotatable bonds is 4. The van der Waals surface area contributed by atoms with Crippen LogP contribution in [0.5, 0.6) is 0 Å². The van der Waals surface area contributed by atoms with Crippen LogP contribution >= 0.6 is 11.3 Å². The third kappa shape index (κ3) is 3.23. The number of carbonyl (C=O) groups is 1. The Labute approximate surface area is 119 Å². The number of Topliss-reactive ketones (excluding diaryl/α,β-unsaturated/α-hetero) is 1. The minimum absolute atomic E-state index is 0.274. The molecule has 0 aliphatic heterocycles. The summed E-state index contributed by atoms with van der Waals surface area (Å²) >= 11 is 1.65. The van der Waals surface area contributed by atoms with Crippen molar-refractivity contribution in [2.24, 2.45) is 11.1 Å². The summed E-state index contributed by atoms with van der Waals surface area (Å²) in [5, 5.41) is 0.956. The van der Waals surface area contributed by atoms with Gasteiger partial charge in [-0.2, -0.15) is 0 Å². The SMILES string of the molecule is Cc1nc(CC(=O)C2(CN)CCCCCC2)sc1C. The molecule has 0 atom stereocenters. The Hall–Kier alpha value is -0.740. The van der Waals surface area contributed by atoms with Crippen LogP contribution < -0.4 is 5.73 Å². The number of thiazole rings is 1. The zero-order chi connectivity index (χ0) is 13.9. The van der Waals surface area contributed by atoms with Crippen LogP contribution in [-0.4, -0.2) is 17.3 Å². The van der Waals surface area contributed by atoms with E-state index in [1.807, 2.05) is 6.92 Å². The summed E-state index contributed by atoms with van der Waals surface area (Å²) in [4.78, 5) is 18.4. The molecule has 2 N–H and O–H groups in total. The Kier molecular flexibility index (Phi) is 4.74. The molecule has 0 bridgehead atoms. The highest BCUT2D eigenvalue weighted by Crippen LogP contribution is 2.36. The van der Waals surface area contributed by atoms with Crippen LogP contribution in [0.4, 0.5) is 0 Å². The lowest BCUT2D eigenvalue weighted by molar-refractivity contribution is -0.128. The summed E-state index contributed by atoms with van der Waals surface area (Å²) in [6.07, 6.45) is 7.15. The van der Waals surface area contributed by atoms with E-state index < -0.39 is 0 Å². The molecule has 1 fully saturated rings. The fourth-order valence-corrected chi connectivity index (χ4v) is 3.87. The van der Waals surface area contributed by atoms with Gasteiger partial charge in [0.05, 0.1) is 12.1 Å². The molecule has 2 rings (SSSR count). The second-order valence-corrected chi connectivity index (χ2v) is 7.04. The van der Waals surface area contributed by atoms with Crippen LogP contribution in [0.3, 0.4) is 0 Å². The normalized spacial score (nSPS) is 19.1. The number of hydrogen-bond acceptors (Lipinski definition) is 4. The molecule has 0 amide bonds. The van der Waals surface area contributed by atoms with Crippen LogP contribution in [0.15, 0.2) is 0 Å². The molecule has 106 valence electrons. The van der Waals surface area contributed by atoms with Crippen molar-refractivity contribution in [3.8, 4) is 0 Å². The summed E-state index contributed by atoms with van der Waals surface area (Å²) in [5.41, 5.74) is 6.74. The summed E-state index contributed by atoms with van der Waals surface area (Å²) in [5.74, 6) is 0.311. The standard InChI is InChI=1S/C15H24N2OS/c1-11-12(2)19-14(17-11)9-13(18)15(10-16)7-5-3-4-6-8-15/h3-10,16H2,1-2H3. The van der Waals surface area contributed by atoms with Crippen LogP contribution in [0.25, 0.3) is 0 Å². The minimum Gasteiger partial charge on any atom is -0.329 e. The molecule has 19 heavy (non-hydrogen) atoms. The molecule has 1 saturated carbocycles. The van der Waals surface area contributed by atoms with Crippen molar-refractivity contribution in [1.29, 1.82) is 0 Å². The Morgan fingerprint density at radius 2 is 1.89 bits per heavy atom. The van der Waals surface area contributed by atoms with Crippen LogP contribution in [0.2, 0.25) is 0 Å². The Morgan fingerprint density at radius 3 is 2.37 bits per heavy atom. The molecule has 1 aromatic rings. The third-order valence-corrected chi connectivity index (χ3v) is 5.50. The van der Waals surface area contributed by atoms with Crippen molar-refractivity contribution in [2.75, 3.05) is 6.54 Å². The highest BCUT2D eigenvalue weighted by molar-refractivity contribution is 7.11. The summed E-state index contributed by atoms with van der Waals surface area (Å²) in [6, 6.07) is 0. The Balaban J connectivity index is 2.11. The van der Waals surface area contributed by atoms with E-state index in [0.717, 1.165) is 36.4 Å². The highest BCUT2D eigenvalue weighted by atomic mass is 32.1. The Morgan fingerprint density at radius 1 is 1.26 bits per heavy atom. The van der Waals surface area contributed by atoms with Crippen LogP contribution in [0.1, 0.15) is 54.1 Å². The van der Waals surface area contributed by atoms with Gasteiger partial charge in [-0.25, -0.2) is 4.98 Å².